The first kappa shape index (κ1) is 14.9. The molecule has 1 heterocycles. The Bertz CT molecular complexity index is 560. The second kappa shape index (κ2) is 5.12. The number of methoxy groups -OCH3 is 1. The Balaban J connectivity index is 2.64. The molecule has 0 bridgehead atoms. The molecule has 0 radical (unpaired) electrons. The van der Waals surface area contributed by atoms with Crippen LogP contribution in [-0.4, -0.2) is 18.5 Å². The molecule has 0 saturated carbocycles. The standard InChI is InChI=1S/C17H24O3/c1-7-8-17(5)9-13(18)14-12(4)15(19-6)10(2)11(3)16(14)20-17/h7-9H2,1-6H3. The van der Waals surface area contributed by atoms with Gasteiger partial charge in [-0.25, -0.2) is 0 Å². The predicted octanol–water partition coefficient (Wildman–Crippen LogP) is 4.14. The number of hydrogen-bond donors (Lipinski definition) is 0. The van der Waals surface area contributed by atoms with Crippen molar-refractivity contribution in [2.75, 3.05) is 7.11 Å². The van der Waals surface area contributed by atoms with Gasteiger partial charge in [-0.15, -0.1) is 0 Å². The lowest BCUT2D eigenvalue weighted by atomic mass is 9.84. The molecule has 0 amide bonds. The van der Waals surface area contributed by atoms with Crippen LogP contribution in [0.25, 0.3) is 0 Å². The minimum Gasteiger partial charge on any atom is -0.496 e. The molecule has 0 saturated heterocycles. The fourth-order valence-corrected chi connectivity index (χ4v) is 3.24. The summed E-state index contributed by atoms with van der Waals surface area (Å²) < 4.78 is 11.7. The van der Waals surface area contributed by atoms with Crippen LogP contribution in [0.1, 0.15) is 60.2 Å². The van der Waals surface area contributed by atoms with Gasteiger partial charge in [-0.3, -0.25) is 4.79 Å². The van der Waals surface area contributed by atoms with E-state index in [2.05, 4.69) is 6.92 Å². The van der Waals surface area contributed by atoms with E-state index in [-0.39, 0.29) is 11.4 Å². The molecule has 0 fully saturated rings. The third-order valence-corrected chi connectivity index (χ3v) is 4.33. The van der Waals surface area contributed by atoms with Crippen molar-refractivity contribution in [2.24, 2.45) is 0 Å². The highest BCUT2D eigenvalue weighted by atomic mass is 16.5. The monoisotopic (exact) mass is 276 g/mol. The molecule has 0 spiro atoms. The number of ether oxygens (including phenoxy) is 2. The summed E-state index contributed by atoms with van der Waals surface area (Å²) in [5.74, 6) is 1.73. The second-order valence-electron chi connectivity index (χ2n) is 6.01. The van der Waals surface area contributed by atoms with Crippen LogP contribution in [0.15, 0.2) is 0 Å². The predicted molar refractivity (Wildman–Crippen MR) is 80.1 cm³/mol. The average Bonchev–Trinajstić information content (AvgIpc) is 2.36. The van der Waals surface area contributed by atoms with E-state index in [4.69, 9.17) is 9.47 Å². The fourth-order valence-electron chi connectivity index (χ4n) is 3.24. The van der Waals surface area contributed by atoms with Crippen LogP contribution in [-0.2, 0) is 0 Å². The summed E-state index contributed by atoms with van der Waals surface area (Å²) in [5, 5.41) is 0. The highest BCUT2D eigenvalue weighted by molar-refractivity contribution is 6.03. The van der Waals surface area contributed by atoms with E-state index in [1.165, 1.54) is 0 Å². The van der Waals surface area contributed by atoms with Crippen LogP contribution in [0, 0.1) is 20.8 Å². The maximum atomic E-state index is 12.6. The quantitative estimate of drug-likeness (QED) is 0.832. The Kier molecular flexibility index (Phi) is 3.81. The number of hydrogen-bond acceptors (Lipinski definition) is 3. The van der Waals surface area contributed by atoms with Crippen LogP contribution >= 0.6 is 0 Å². The van der Waals surface area contributed by atoms with Gasteiger partial charge >= 0.3 is 0 Å². The first-order chi connectivity index (χ1) is 9.34. The lowest BCUT2D eigenvalue weighted by Crippen LogP contribution is -2.39. The average molecular weight is 276 g/mol. The molecule has 3 nitrogen and oxygen atoms in total. The van der Waals surface area contributed by atoms with Crippen molar-refractivity contribution in [3.05, 3.63) is 22.3 Å². The molecule has 110 valence electrons. The van der Waals surface area contributed by atoms with E-state index < -0.39 is 0 Å². The minimum absolute atomic E-state index is 0.168. The molecule has 20 heavy (non-hydrogen) atoms. The number of Topliss-reactive ketones (excluding diaryl/α,β-unsaturated/α-hetero) is 1. The minimum atomic E-state index is -0.378. The Morgan fingerprint density at radius 3 is 2.40 bits per heavy atom. The van der Waals surface area contributed by atoms with E-state index in [1.807, 2.05) is 27.7 Å². The molecule has 1 aromatic rings. The van der Waals surface area contributed by atoms with Gasteiger partial charge in [-0.1, -0.05) is 13.3 Å². The van der Waals surface area contributed by atoms with E-state index in [9.17, 15) is 4.79 Å². The summed E-state index contributed by atoms with van der Waals surface area (Å²) in [5.41, 5.74) is 3.29. The summed E-state index contributed by atoms with van der Waals surface area (Å²) in [6, 6.07) is 0. The Morgan fingerprint density at radius 2 is 1.85 bits per heavy atom. The van der Waals surface area contributed by atoms with E-state index >= 15 is 0 Å². The van der Waals surface area contributed by atoms with Gasteiger partial charge in [0.2, 0.25) is 0 Å². The summed E-state index contributed by atoms with van der Waals surface area (Å²) in [4.78, 5) is 12.6. The van der Waals surface area contributed by atoms with Crippen molar-refractivity contribution in [1.29, 1.82) is 0 Å². The largest absolute Gasteiger partial charge is 0.496 e. The summed E-state index contributed by atoms with van der Waals surface area (Å²) in [6.45, 7) is 10.1. The smallest absolute Gasteiger partial charge is 0.170 e. The van der Waals surface area contributed by atoms with Crippen molar-refractivity contribution in [2.45, 2.75) is 59.5 Å². The maximum Gasteiger partial charge on any atom is 0.170 e. The van der Waals surface area contributed by atoms with Gasteiger partial charge in [0.1, 0.15) is 17.1 Å². The number of carbonyl (C=O) groups excluding carboxylic acids is 1. The van der Waals surface area contributed by atoms with Crippen molar-refractivity contribution >= 4 is 5.78 Å². The van der Waals surface area contributed by atoms with Gasteiger partial charge in [0.25, 0.3) is 0 Å². The van der Waals surface area contributed by atoms with Crippen molar-refractivity contribution in [3.8, 4) is 11.5 Å². The van der Waals surface area contributed by atoms with Crippen LogP contribution in [0.5, 0.6) is 11.5 Å². The third-order valence-electron chi connectivity index (χ3n) is 4.33. The molecule has 1 aromatic carbocycles. The van der Waals surface area contributed by atoms with E-state index in [0.29, 0.717) is 12.0 Å². The van der Waals surface area contributed by atoms with Gasteiger partial charge in [-0.05, 0) is 45.2 Å². The molecular formula is C17H24O3. The Hall–Kier alpha value is -1.51. The zero-order valence-corrected chi connectivity index (χ0v) is 13.3. The van der Waals surface area contributed by atoms with Crippen molar-refractivity contribution in [3.63, 3.8) is 0 Å². The lowest BCUT2D eigenvalue weighted by Gasteiger charge is -2.37. The SMILES string of the molecule is CCCC1(C)CC(=O)c2c(C)c(OC)c(C)c(C)c2O1. The summed E-state index contributed by atoms with van der Waals surface area (Å²) in [6.07, 6.45) is 2.34. The number of fused-ring (bicyclic) bond motifs is 1. The molecule has 1 aliphatic rings. The van der Waals surface area contributed by atoms with E-state index in [1.54, 1.807) is 7.11 Å². The van der Waals surface area contributed by atoms with Gasteiger partial charge in [0.15, 0.2) is 5.78 Å². The molecule has 0 N–H and O–H groups in total. The third kappa shape index (κ3) is 2.19. The zero-order chi connectivity index (χ0) is 15.1. The van der Waals surface area contributed by atoms with Crippen molar-refractivity contribution < 1.29 is 14.3 Å². The lowest BCUT2D eigenvalue weighted by molar-refractivity contribution is 0.0457. The molecule has 3 heteroatoms. The summed E-state index contributed by atoms with van der Waals surface area (Å²) in [7, 11) is 1.65. The molecular weight excluding hydrogens is 252 g/mol. The first-order valence-electron chi connectivity index (χ1n) is 7.24. The maximum absolute atomic E-state index is 12.6. The number of ketones is 1. The Labute approximate surface area is 121 Å². The highest BCUT2D eigenvalue weighted by Crippen LogP contribution is 2.44. The van der Waals surface area contributed by atoms with Gasteiger partial charge < -0.3 is 9.47 Å². The van der Waals surface area contributed by atoms with Crippen LogP contribution in [0.4, 0.5) is 0 Å². The topological polar surface area (TPSA) is 35.5 Å². The molecule has 1 atom stereocenters. The van der Waals surface area contributed by atoms with Gasteiger partial charge in [0.05, 0.1) is 19.1 Å². The molecule has 2 rings (SSSR count). The highest BCUT2D eigenvalue weighted by Gasteiger charge is 2.38. The van der Waals surface area contributed by atoms with Gasteiger partial charge in [-0.2, -0.15) is 0 Å². The Morgan fingerprint density at radius 1 is 1.20 bits per heavy atom. The van der Waals surface area contributed by atoms with E-state index in [0.717, 1.165) is 41.0 Å². The fraction of sp³-hybridized carbons (Fsp3) is 0.588. The van der Waals surface area contributed by atoms with Crippen LogP contribution < -0.4 is 9.47 Å². The number of benzene rings is 1. The molecule has 0 aliphatic carbocycles. The van der Waals surface area contributed by atoms with Gasteiger partial charge in [0, 0.05) is 5.56 Å². The number of carbonyl (C=O) groups is 1. The van der Waals surface area contributed by atoms with Crippen LogP contribution in [0.3, 0.4) is 0 Å². The zero-order valence-electron chi connectivity index (χ0n) is 13.3. The first-order valence-corrected chi connectivity index (χ1v) is 7.24. The number of rotatable bonds is 3. The molecule has 1 aliphatic heterocycles. The summed E-state index contributed by atoms with van der Waals surface area (Å²) >= 11 is 0. The second-order valence-corrected chi connectivity index (χ2v) is 6.01. The van der Waals surface area contributed by atoms with Crippen molar-refractivity contribution in [1.82, 2.24) is 0 Å². The normalized spacial score (nSPS) is 21.4. The molecule has 0 aromatic heterocycles. The van der Waals surface area contributed by atoms with Crippen LogP contribution in [0.2, 0.25) is 0 Å². The molecule has 1 unspecified atom stereocenters.